The van der Waals surface area contributed by atoms with Crippen LogP contribution in [0.5, 0.6) is 5.75 Å². The fraction of sp³-hybridized carbons (Fsp3) is 0.417. The summed E-state index contributed by atoms with van der Waals surface area (Å²) in [5, 5.41) is 9.20. The van der Waals surface area contributed by atoms with Crippen molar-refractivity contribution in [3.8, 4) is 5.75 Å². The van der Waals surface area contributed by atoms with Gasteiger partial charge in [-0.05, 0) is 31.3 Å². The molecule has 0 spiro atoms. The van der Waals surface area contributed by atoms with Gasteiger partial charge in [0.25, 0.3) is 0 Å². The van der Waals surface area contributed by atoms with Crippen LogP contribution in [0.2, 0.25) is 5.02 Å². The Balaban J connectivity index is 0.00000289. The molecule has 0 fully saturated rings. The van der Waals surface area contributed by atoms with Crippen LogP contribution in [-0.4, -0.2) is 42.7 Å². The quantitative estimate of drug-likeness (QED) is 0.839. The number of hydrogen-bond donors (Lipinski definition) is 1. The first-order valence-electron chi connectivity index (χ1n) is 5.36. The van der Waals surface area contributed by atoms with Crippen molar-refractivity contribution < 1.29 is 14.6 Å². The van der Waals surface area contributed by atoms with E-state index < -0.39 is 5.97 Å². The average Bonchev–Trinajstić information content (AvgIpc) is 2.29. The molecule has 6 heteroatoms. The van der Waals surface area contributed by atoms with Gasteiger partial charge >= 0.3 is 5.97 Å². The Bertz CT molecular complexity index is 357. The zero-order chi connectivity index (χ0) is 12.7. The van der Waals surface area contributed by atoms with Crippen molar-refractivity contribution in [3.63, 3.8) is 0 Å². The number of carboxylic acid groups (broad SMARTS) is 1. The second-order valence-electron chi connectivity index (χ2n) is 3.75. The minimum atomic E-state index is -0.782. The summed E-state index contributed by atoms with van der Waals surface area (Å²) in [5.41, 5.74) is 0. The van der Waals surface area contributed by atoms with Crippen molar-refractivity contribution in [2.24, 2.45) is 0 Å². The van der Waals surface area contributed by atoms with Gasteiger partial charge in [-0.25, -0.2) is 0 Å². The van der Waals surface area contributed by atoms with E-state index in [4.69, 9.17) is 21.4 Å². The second-order valence-corrected chi connectivity index (χ2v) is 4.19. The van der Waals surface area contributed by atoms with Gasteiger partial charge in [-0.3, -0.25) is 4.79 Å². The molecule has 0 aromatic heterocycles. The molecule has 1 rings (SSSR count). The summed E-state index contributed by atoms with van der Waals surface area (Å²) < 4.78 is 5.49. The van der Waals surface area contributed by atoms with Crippen molar-refractivity contribution in [1.82, 2.24) is 4.90 Å². The van der Waals surface area contributed by atoms with Gasteiger partial charge in [-0.2, -0.15) is 0 Å². The van der Waals surface area contributed by atoms with E-state index in [1.165, 1.54) is 0 Å². The van der Waals surface area contributed by atoms with Crippen LogP contribution in [0, 0.1) is 0 Å². The lowest BCUT2D eigenvalue weighted by molar-refractivity contribution is -0.137. The Labute approximate surface area is 118 Å². The number of rotatable bonds is 7. The molecule has 0 saturated carbocycles. The van der Waals surface area contributed by atoms with E-state index in [2.05, 4.69) is 0 Å². The maximum Gasteiger partial charge on any atom is 0.304 e. The van der Waals surface area contributed by atoms with Crippen molar-refractivity contribution >= 4 is 30.0 Å². The number of likely N-dealkylation sites (N-methyl/N-ethyl adjacent to an activating group) is 1. The number of carboxylic acids is 1. The van der Waals surface area contributed by atoms with Gasteiger partial charge in [-0.15, -0.1) is 12.4 Å². The van der Waals surface area contributed by atoms with E-state index in [-0.39, 0.29) is 18.8 Å². The van der Waals surface area contributed by atoms with Gasteiger partial charge in [0.05, 0.1) is 6.42 Å². The fourth-order valence-electron chi connectivity index (χ4n) is 1.25. The van der Waals surface area contributed by atoms with Crippen LogP contribution in [0.15, 0.2) is 24.3 Å². The van der Waals surface area contributed by atoms with Crippen LogP contribution in [0.25, 0.3) is 0 Å². The molecule has 0 amide bonds. The number of ether oxygens (including phenoxy) is 1. The minimum absolute atomic E-state index is 0. The van der Waals surface area contributed by atoms with Crippen LogP contribution in [-0.2, 0) is 4.79 Å². The number of hydrogen-bond acceptors (Lipinski definition) is 3. The highest BCUT2D eigenvalue weighted by Gasteiger charge is 2.02. The highest BCUT2D eigenvalue weighted by molar-refractivity contribution is 6.30. The van der Waals surface area contributed by atoms with Crippen molar-refractivity contribution in [2.45, 2.75) is 6.42 Å². The summed E-state index contributed by atoms with van der Waals surface area (Å²) in [5.74, 6) is -0.0171. The summed E-state index contributed by atoms with van der Waals surface area (Å²) in [6.45, 7) is 1.74. The lowest BCUT2D eigenvalue weighted by atomic mass is 10.3. The first kappa shape index (κ1) is 17.0. The van der Waals surface area contributed by atoms with Crippen LogP contribution in [0.1, 0.15) is 6.42 Å². The molecule has 0 saturated heterocycles. The molecule has 1 aromatic carbocycles. The smallest absolute Gasteiger partial charge is 0.304 e. The third-order valence-corrected chi connectivity index (χ3v) is 2.51. The molecule has 0 unspecified atom stereocenters. The largest absolute Gasteiger partial charge is 0.492 e. The van der Waals surface area contributed by atoms with E-state index >= 15 is 0 Å². The second kappa shape index (κ2) is 9.03. The first-order valence-corrected chi connectivity index (χ1v) is 5.74. The zero-order valence-corrected chi connectivity index (χ0v) is 11.7. The van der Waals surface area contributed by atoms with E-state index in [1.807, 2.05) is 11.9 Å². The van der Waals surface area contributed by atoms with Gasteiger partial charge in [0, 0.05) is 18.1 Å². The molecule has 1 aromatic rings. The lowest BCUT2D eigenvalue weighted by Gasteiger charge is -2.15. The molecule has 0 bridgehead atoms. The molecule has 0 atom stereocenters. The molecule has 0 radical (unpaired) electrons. The van der Waals surface area contributed by atoms with Crippen LogP contribution < -0.4 is 4.74 Å². The normalized spacial score (nSPS) is 9.94. The van der Waals surface area contributed by atoms with Gasteiger partial charge in [-0.1, -0.05) is 11.6 Å². The molecule has 0 aliphatic heterocycles. The number of carbonyl (C=O) groups is 1. The molecule has 0 aliphatic carbocycles. The van der Waals surface area contributed by atoms with Crippen LogP contribution >= 0.6 is 24.0 Å². The van der Waals surface area contributed by atoms with Crippen LogP contribution in [0.4, 0.5) is 0 Å². The molecular weight excluding hydrogens is 277 g/mol. The Morgan fingerprint density at radius 1 is 1.33 bits per heavy atom. The number of nitrogens with zero attached hydrogens (tertiary/aromatic N) is 1. The molecule has 4 nitrogen and oxygen atoms in total. The Morgan fingerprint density at radius 2 is 1.94 bits per heavy atom. The SMILES string of the molecule is CN(CCOc1ccc(Cl)cc1)CCC(=O)O.Cl. The Kier molecular flexibility index (Phi) is 8.54. The van der Waals surface area contributed by atoms with Crippen molar-refractivity contribution in [2.75, 3.05) is 26.7 Å². The maximum absolute atomic E-state index is 10.4. The lowest BCUT2D eigenvalue weighted by Crippen LogP contribution is -2.26. The summed E-state index contributed by atoms with van der Waals surface area (Å²) in [6.07, 6.45) is 0.150. The molecule has 18 heavy (non-hydrogen) atoms. The molecule has 0 aliphatic rings. The molecule has 1 N–H and O–H groups in total. The van der Waals surface area contributed by atoms with Crippen LogP contribution in [0.3, 0.4) is 0 Å². The van der Waals surface area contributed by atoms with Gasteiger partial charge < -0.3 is 14.7 Å². The average molecular weight is 294 g/mol. The van der Waals surface area contributed by atoms with E-state index in [1.54, 1.807) is 24.3 Å². The predicted octanol–water partition coefficient (Wildman–Crippen LogP) is 2.55. The predicted molar refractivity (Wildman–Crippen MR) is 73.9 cm³/mol. The highest BCUT2D eigenvalue weighted by Crippen LogP contribution is 2.15. The molecule has 102 valence electrons. The number of halogens is 2. The monoisotopic (exact) mass is 293 g/mol. The maximum atomic E-state index is 10.4. The minimum Gasteiger partial charge on any atom is -0.492 e. The van der Waals surface area contributed by atoms with Crippen molar-refractivity contribution in [1.29, 1.82) is 0 Å². The summed E-state index contributed by atoms with van der Waals surface area (Å²) >= 11 is 5.75. The van der Waals surface area contributed by atoms with Gasteiger partial charge in [0.2, 0.25) is 0 Å². The fourth-order valence-corrected chi connectivity index (χ4v) is 1.37. The number of benzene rings is 1. The topological polar surface area (TPSA) is 49.8 Å². The summed E-state index contributed by atoms with van der Waals surface area (Å²) in [6, 6.07) is 7.15. The standard InChI is InChI=1S/C12H16ClNO3.ClH/c1-14(7-6-12(15)16)8-9-17-11-4-2-10(13)3-5-11;/h2-5H,6-9H2,1H3,(H,15,16);1H. The highest BCUT2D eigenvalue weighted by atomic mass is 35.5. The van der Waals surface area contributed by atoms with Crippen molar-refractivity contribution in [3.05, 3.63) is 29.3 Å². The van der Waals surface area contributed by atoms with Gasteiger partial charge in [0.1, 0.15) is 12.4 Å². The third-order valence-electron chi connectivity index (χ3n) is 2.26. The zero-order valence-electron chi connectivity index (χ0n) is 10.1. The first-order chi connectivity index (χ1) is 8.08. The summed E-state index contributed by atoms with van der Waals surface area (Å²) in [7, 11) is 1.87. The molecular formula is C12H17Cl2NO3. The van der Waals surface area contributed by atoms with E-state index in [0.717, 1.165) is 5.75 Å². The summed E-state index contributed by atoms with van der Waals surface area (Å²) in [4.78, 5) is 12.3. The van der Waals surface area contributed by atoms with E-state index in [9.17, 15) is 4.79 Å². The Hall–Kier alpha value is -0.970. The Morgan fingerprint density at radius 3 is 2.50 bits per heavy atom. The number of aliphatic carboxylic acids is 1. The van der Waals surface area contributed by atoms with Gasteiger partial charge in [0.15, 0.2) is 0 Å². The molecule has 0 heterocycles. The van der Waals surface area contributed by atoms with E-state index in [0.29, 0.717) is 24.7 Å². The third kappa shape index (κ3) is 7.37.